The molecule has 0 spiro atoms. The fourth-order valence-electron chi connectivity index (χ4n) is 2.06. The fourth-order valence-corrected chi connectivity index (χ4v) is 3.08. The van der Waals surface area contributed by atoms with Crippen molar-refractivity contribution < 1.29 is 4.74 Å². The molecule has 1 aliphatic heterocycles. The normalized spacial score (nSPS) is 18.1. The zero-order chi connectivity index (χ0) is 11.4. The molecule has 0 unspecified atom stereocenters. The lowest BCUT2D eigenvalue weighted by Crippen LogP contribution is -2.47. The summed E-state index contributed by atoms with van der Waals surface area (Å²) in [4.78, 5) is 1.34. The minimum absolute atomic E-state index is 0.192. The average molecular weight is 257 g/mol. The third kappa shape index (κ3) is 2.39. The highest BCUT2D eigenvalue weighted by molar-refractivity contribution is 7.99. The Balaban J connectivity index is 2.13. The molecule has 0 aliphatic carbocycles. The Kier molecular flexibility index (Phi) is 4.17. The molecule has 0 amide bonds. The number of hydrogen-bond donors (Lipinski definition) is 0. The summed E-state index contributed by atoms with van der Waals surface area (Å²) in [7, 11) is 0. The Morgan fingerprint density at radius 1 is 1.31 bits per heavy atom. The van der Waals surface area contributed by atoms with E-state index >= 15 is 0 Å². The molecular weight excluding hydrogens is 240 g/mol. The number of alkyl halides is 1. The van der Waals surface area contributed by atoms with Gasteiger partial charge in [0.1, 0.15) is 0 Å². The molecule has 0 N–H and O–H groups in total. The van der Waals surface area contributed by atoms with Crippen LogP contribution in [0.3, 0.4) is 0 Å². The SMILES string of the molecule is CCSc1ccc(C2(CCCl)COC2)cc1. The molecule has 1 aromatic carbocycles. The lowest BCUT2D eigenvalue weighted by molar-refractivity contribution is -0.0615. The first-order valence-electron chi connectivity index (χ1n) is 5.68. The van der Waals surface area contributed by atoms with Gasteiger partial charge < -0.3 is 4.74 Å². The zero-order valence-electron chi connectivity index (χ0n) is 9.54. The number of benzene rings is 1. The van der Waals surface area contributed by atoms with E-state index in [0.29, 0.717) is 5.88 Å². The lowest BCUT2D eigenvalue weighted by atomic mass is 9.76. The smallest absolute Gasteiger partial charge is 0.0586 e. The Morgan fingerprint density at radius 3 is 2.44 bits per heavy atom. The Labute approximate surface area is 107 Å². The van der Waals surface area contributed by atoms with Crippen LogP contribution in [0, 0.1) is 0 Å². The van der Waals surface area contributed by atoms with Gasteiger partial charge in [0.15, 0.2) is 0 Å². The largest absolute Gasteiger partial charge is 0.379 e. The Morgan fingerprint density at radius 2 is 2.00 bits per heavy atom. The molecule has 1 saturated heterocycles. The van der Waals surface area contributed by atoms with Crippen molar-refractivity contribution in [1.82, 2.24) is 0 Å². The quantitative estimate of drug-likeness (QED) is 0.587. The Hall–Kier alpha value is -0.180. The van der Waals surface area contributed by atoms with Crippen molar-refractivity contribution in [1.29, 1.82) is 0 Å². The highest BCUT2D eigenvalue weighted by Crippen LogP contribution is 2.36. The molecule has 1 heterocycles. The molecule has 0 radical (unpaired) electrons. The first-order valence-corrected chi connectivity index (χ1v) is 7.20. The molecular formula is C13H17ClOS. The van der Waals surface area contributed by atoms with Crippen LogP contribution in [0.1, 0.15) is 18.9 Å². The molecule has 2 rings (SSSR count). The predicted octanol–water partition coefficient (Wildman–Crippen LogP) is 3.70. The van der Waals surface area contributed by atoms with E-state index in [-0.39, 0.29) is 5.41 Å². The summed E-state index contributed by atoms with van der Waals surface area (Å²) in [5.41, 5.74) is 1.57. The van der Waals surface area contributed by atoms with Gasteiger partial charge in [0, 0.05) is 16.2 Å². The maximum Gasteiger partial charge on any atom is 0.0586 e. The maximum atomic E-state index is 5.87. The van der Waals surface area contributed by atoms with Crippen LogP contribution >= 0.6 is 23.4 Å². The molecule has 88 valence electrons. The molecule has 0 aromatic heterocycles. The van der Waals surface area contributed by atoms with Gasteiger partial charge in [-0.2, -0.15) is 0 Å². The number of rotatable bonds is 5. The van der Waals surface area contributed by atoms with Gasteiger partial charge in [0.25, 0.3) is 0 Å². The fraction of sp³-hybridized carbons (Fsp3) is 0.538. The molecule has 0 saturated carbocycles. The van der Waals surface area contributed by atoms with Gasteiger partial charge in [-0.25, -0.2) is 0 Å². The zero-order valence-corrected chi connectivity index (χ0v) is 11.1. The van der Waals surface area contributed by atoms with Crippen LogP contribution in [0.25, 0.3) is 0 Å². The van der Waals surface area contributed by atoms with Crippen LogP contribution in [-0.4, -0.2) is 24.8 Å². The highest BCUT2D eigenvalue weighted by atomic mass is 35.5. The predicted molar refractivity (Wildman–Crippen MR) is 70.7 cm³/mol. The molecule has 0 atom stereocenters. The van der Waals surface area contributed by atoms with Gasteiger partial charge in [0.05, 0.1) is 13.2 Å². The molecule has 1 aromatic rings. The van der Waals surface area contributed by atoms with Gasteiger partial charge in [0.2, 0.25) is 0 Å². The minimum atomic E-state index is 0.192. The van der Waals surface area contributed by atoms with E-state index in [1.165, 1.54) is 10.5 Å². The summed E-state index contributed by atoms with van der Waals surface area (Å²) in [6.45, 7) is 3.81. The van der Waals surface area contributed by atoms with Crippen molar-refractivity contribution in [2.75, 3.05) is 24.8 Å². The summed E-state index contributed by atoms with van der Waals surface area (Å²) in [6.07, 6.45) is 1.01. The van der Waals surface area contributed by atoms with E-state index in [2.05, 4.69) is 31.2 Å². The van der Waals surface area contributed by atoms with Gasteiger partial charge in [-0.3, -0.25) is 0 Å². The second-order valence-corrected chi connectivity index (χ2v) is 5.88. The number of hydrogen-bond acceptors (Lipinski definition) is 2. The minimum Gasteiger partial charge on any atom is -0.379 e. The number of ether oxygens (including phenoxy) is 1. The van der Waals surface area contributed by atoms with Gasteiger partial charge in [-0.15, -0.1) is 23.4 Å². The van der Waals surface area contributed by atoms with Crippen molar-refractivity contribution >= 4 is 23.4 Å². The third-order valence-electron chi connectivity index (χ3n) is 3.11. The molecule has 1 fully saturated rings. The van der Waals surface area contributed by atoms with Crippen LogP contribution in [0.2, 0.25) is 0 Å². The topological polar surface area (TPSA) is 9.23 Å². The summed E-state index contributed by atoms with van der Waals surface area (Å²) in [6, 6.07) is 8.87. The van der Waals surface area contributed by atoms with Crippen LogP contribution in [0.5, 0.6) is 0 Å². The van der Waals surface area contributed by atoms with Gasteiger partial charge >= 0.3 is 0 Å². The lowest BCUT2D eigenvalue weighted by Gasteiger charge is -2.41. The van der Waals surface area contributed by atoms with Gasteiger partial charge in [-0.1, -0.05) is 19.1 Å². The van der Waals surface area contributed by atoms with Crippen molar-refractivity contribution in [3.8, 4) is 0 Å². The van der Waals surface area contributed by atoms with Crippen molar-refractivity contribution in [3.05, 3.63) is 29.8 Å². The first kappa shape index (κ1) is 12.3. The number of halogens is 1. The first-order chi connectivity index (χ1) is 7.80. The van der Waals surface area contributed by atoms with E-state index in [4.69, 9.17) is 16.3 Å². The van der Waals surface area contributed by atoms with Crippen LogP contribution in [0.15, 0.2) is 29.2 Å². The monoisotopic (exact) mass is 256 g/mol. The van der Waals surface area contributed by atoms with Gasteiger partial charge in [-0.05, 0) is 29.9 Å². The maximum absolute atomic E-state index is 5.87. The highest BCUT2D eigenvalue weighted by Gasteiger charge is 2.39. The molecule has 1 nitrogen and oxygen atoms in total. The second kappa shape index (κ2) is 5.44. The van der Waals surface area contributed by atoms with Crippen LogP contribution in [-0.2, 0) is 10.2 Å². The van der Waals surface area contributed by atoms with Crippen LogP contribution in [0.4, 0.5) is 0 Å². The van der Waals surface area contributed by atoms with Crippen molar-refractivity contribution in [3.63, 3.8) is 0 Å². The molecule has 0 bridgehead atoms. The van der Waals surface area contributed by atoms with E-state index in [1.54, 1.807) is 0 Å². The standard InChI is InChI=1S/C13H17ClOS/c1-2-16-12-5-3-11(4-6-12)13(7-8-14)9-15-10-13/h3-6H,2,7-10H2,1H3. The summed E-state index contributed by atoms with van der Waals surface area (Å²) >= 11 is 7.75. The molecule has 1 aliphatic rings. The van der Waals surface area contributed by atoms with Crippen molar-refractivity contribution in [2.45, 2.75) is 23.7 Å². The third-order valence-corrected chi connectivity index (χ3v) is 4.19. The summed E-state index contributed by atoms with van der Waals surface area (Å²) in [5, 5.41) is 0. The summed E-state index contributed by atoms with van der Waals surface area (Å²) in [5.74, 6) is 1.82. The Bertz CT molecular complexity index is 332. The average Bonchev–Trinajstić information content (AvgIpc) is 2.25. The van der Waals surface area contributed by atoms with E-state index in [1.807, 2.05) is 11.8 Å². The van der Waals surface area contributed by atoms with Crippen LogP contribution < -0.4 is 0 Å². The molecule has 3 heteroatoms. The summed E-state index contributed by atoms with van der Waals surface area (Å²) < 4.78 is 5.36. The van der Waals surface area contributed by atoms with E-state index in [0.717, 1.165) is 25.4 Å². The molecule has 16 heavy (non-hydrogen) atoms. The van der Waals surface area contributed by atoms with Crippen molar-refractivity contribution in [2.24, 2.45) is 0 Å². The van der Waals surface area contributed by atoms with E-state index < -0.39 is 0 Å². The second-order valence-electron chi connectivity index (χ2n) is 4.17. The van der Waals surface area contributed by atoms with E-state index in [9.17, 15) is 0 Å². The number of thioether (sulfide) groups is 1.